The number of methoxy groups -OCH3 is 2. The van der Waals surface area contributed by atoms with E-state index in [1.54, 1.807) is 18.9 Å². The topological polar surface area (TPSA) is 142 Å². The summed E-state index contributed by atoms with van der Waals surface area (Å²) < 4.78 is 27.9. The van der Waals surface area contributed by atoms with Gasteiger partial charge in [0.2, 0.25) is 0 Å². The van der Waals surface area contributed by atoms with Crippen LogP contribution in [0.25, 0.3) is 10.8 Å². The zero-order chi connectivity index (χ0) is 45.0. The van der Waals surface area contributed by atoms with E-state index in [0.29, 0.717) is 43.9 Å². The molecule has 0 radical (unpaired) electrons. The minimum atomic E-state index is -0.266. The number of anilines is 1. The van der Waals surface area contributed by atoms with E-state index in [0.717, 1.165) is 103 Å². The lowest BCUT2D eigenvalue weighted by Crippen LogP contribution is -2.40. The van der Waals surface area contributed by atoms with E-state index in [1.807, 2.05) is 89.5 Å². The predicted octanol–water partition coefficient (Wildman–Crippen LogP) is 6.83. The maximum Gasteiger partial charge on any atom is 0.261 e. The number of imide groups is 1. The highest BCUT2D eigenvalue weighted by molar-refractivity contribution is 6.26. The summed E-state index contributed by atoms with van der Waals surface area (Å²) >= 11 is 0. The van der Waals surface area contributed by atoms with E-state index in [-0.39, 0.29) is 18.4 Å². The molecule has 65 heavy (non-hydrogen) atoms. The highest BCUT2D eigenvalue weighted by atomic mass is 16.5. The summed E-state index contributed by atoms with van der Waals surface area (Å²) in [6.07, 6.45) is 14.0. The van der Waals surface area contributed by atoms with Gasteiger partial charge >= 0.3 is 0 Å². The van der Waals surface area contributed by atoms with Crippen LogP contribution in [0, 0.1) is 0 Å². The minimum absolute atomic E-state index is 0.169. The molecular weight excluding hydrogens is 823 g/mol. The van der Waals surface area contributed by atoms with Gasteiger partial charge in [0.15, 0.2) is 11.9 Å². The summed E-state index contributed by atoms with van der Waals surface area (Å²) in [4.78, 5) is 31.2. The van der Waals surface area contributed by atoms with Gasteiger partial charge in [-0.1, -0.05) is 61.6 Å². The number of hydrogen-bond donors (Lipinski definition) is 1. The zero-order valence-corrected chi connectivity index (χ0v) is 38.0. The van der Waals surface area contributed by atoms with E-state index >= 15 is 0 Å². The molecule has 4 aromatic carbocycles. The van der Waals surface area contributed by atoms with Gasteiger partial charge in [-0.3, -0.25) is 19.2 Å². The third-order valence-corrected chi connectivity index (χ3v) is 12.3. The number of ether oxygens (including phenoxy) is 4. The fourth-order valence-electron chi connectivity index (χ4n) is 8.75. The number of amides is 2. The molecule has 1 fully saturated rings. The van der Waals surface area contributed by atoms with E-state index in [9.17, 15) is 9.59 Å². The van der Waals surface area contributed by atoms with Crippen molar-refractivity contribution in [1.29, 1.82) is 0 Å². The van der Waals surface area contributed by atoms with Crippen molar-refractivity contribution in [3.63, 3.8) is 0 Å². The molecule has 2 aromatic heterocycles. The van der Waals surface area contributed by atoms with Crippen LogP contribution in [0.1, 0.15) is 94.6 Å². The van der Waals surface area contributed by atoms with Crippen molar-refractivity contribution >= 4 is 28.3 Å². The highest BCUT2D eigenvalue weighted by Crippen LogP contribution is 2.37. The lowest BCUT2D eigenvalue weighted by Gasteiger charge is -2.32. The summed E-state index contributed by atoms with van der Waals surface area (Å²) in [5, 5.41) is 18.5. The number of unbranched alkanes of at least 4 members (excludes halogenated alkanes) is 7. The summed E-state index contributed by atoms with van der Waals surface area (Å²) in [5.74, 6) is 1.87. The maximum atomic E-state index is 13.8. The fraction of sp³-hybridized carbons (Fsp3) is 0.440. The van der Waals surface area contributed by atoms with E-state index in [1.165, 1.54) is 42.6 Å². The van der Waals surface area contributed by atoms with Crippen LogP contribution >= 0.6 is 0 Å². The second-order valence-electron chi connectivity index (χ2n) is 16.9. The van der Waals surface area contributed by atoms with Crippen LogP contribution in [0.15, 0.2) is 85.2 Å². The molecule has 2 amide bonds. The van der Waals surface area contributed by atoms with Gasteiger partial charge in [0.25, 0.3) is 11.8 Å². The Bertz CT molecular complexity index is 2490. The van der Waals surface area contributed by atoms with Gasteiger partial charge in [-0.05, 0) is 72.9 Å². The largest absolute Gasteiger partial charge is 0.497 e. The Hall–Kier alpha value is -6.32. The van der Waals surface area contributed by atoms with Crippen LogP contribution in [0.2, 0.25) is 0 Å². The molecule has 15 nitrogen and oxygen atoms in total. The molecule has 0 saturated carbocycles. The number of aryl methyl sites for hydroxylation is 3. The Labute approximate surface area is 381 Å². The quantitative estimate of drug-likeness (QED) is 0.0388. The fourth-order valence-corrected chi connectivity index (χ4v) is 8.75. The van der Waals surface area contributed by atoms with Crippen LogP contribution in [-0.4, -0.2) is 88.7 Å². The van der Waals surface area contributed by atoms with Gasteiger partial charge in [0.1, 0.15) is 30.8 Å². The Morgan fingerprint density at radius 3 is 2.20 bits per heavy atom. The molecule has 2 aliphatic rings. The molecule has 1 saturated heterocycles. The van der Waals surface area contributed by atoms with E-state index in [4.69, 9.17) is 18.9 Å². The van der Waals surface area contributed by atoms with Gasteiger partial charge in [0, 0.05) is 79.0 Å². The smallest absolute Gasteiger partial charge is 0.261 e. The number of aromatic nitrogens is 6. The van der Waals surface area contributed by atoms with Crippen LogP contribution < -0.4 is 29.1 Å². The first-order chi connectivity index (χ1) is 31.9. The van der Waals surface area contributed by atoms with Crippen molar-refractivity contribution in [2.75, 3.05) is 52.0 Å². The van der Waals surface area contributed by atoms with Gasteiger partial charge in [0.05, 0.1) is 51.5 Å². The first-order valence-electron chi connectivity index (χ1n) is 23.1. The minimum Gasteiger partial charge on any atom is -0.497 e. The summed E-state index contributed by atoms with van der Waals surface area (Å²) in [6, 6.07) is 23.7. The van der Waals surface area contributed by atoms with Crippen LogP contribution in [0.5, 0.6) is 17.2 Å². The Kier molecular flexibility index (Phi) is 15.3. The third kappa shape index (κ3) is 11.5. The molecule has 6 aromatic rings. The number of nitrogens with zero attached hydrogens (tertiary/aromatic N) is 8. The highest BCUT2D eigenvalue weighted by Gasteiger charge is 2.35. The zero-order valence-electron chi connectivity index (χ0n) is 38.0. The molecule has 0 atom stereocenters. The molecule has 0 spiro atoms. The molecule has 0 aliphatic carbocycles. The standard InChI is InChI=1S/C50H62N9O6/c1-55-40(36-59-49(60)45-14-12-13-44-47(56-24-27-64-28-25-56)20-19-46(48(44)45)50(59)61)35-58(54-55)23-11-9-7-5-4-6-8-10-22-57-34-39(52-53-57)21-26-65-41-17-15-37(16-18-41)32-51-33-38-29-42(62-2)31-43(30-38)63-3/h12-20,29-31,34-35,51H,4-11,21-28,32-33,36H2,1-3H3/q+1. The van der Waals surface area contributed by atoms with Crippen molar-refractivity contribution in [2.45, 2.75) is 90.5 Å². The lowest BCUT2D eigenvalue weighted by atomic mass is 9.92. The molecule has 342 valence electrons. The lowest BCUT2D eigenvalue weighted by molar-refractivity contribution is -0.755. The molecule has 0 unspecified atom stereocenters. The second kappa shape index (κ2) is 22.0. The number of carbonyl (C=O) groups is 2. The normalized spacial score (nSPS) is 13.8. The molecule has 15 heteroatoms. The predicted molar refractivity (Wildman–Crippen MR) is 247 cm³/mol. The first kappa shape index (κ1) is 45.3. The van der Waals surface area contributed by atoms with Crippen molar-refractivity contribution in [3.05, 3.63) is 119 Å². The number of nitrogens with one attached hydrogen (secondary N) is 1. The van der Waals surface area contributed by atoms with Gasteiger partial charge in [-0.25, -0.2) is 0 Å². The Morgan fingerprint density at radius 2 is 1.46 bits per heavy atom. The van der Waals surface area contributed by atoms with Gasteiger partial charge in [-0.2, -0.15) is 0 Å². The first-order valence-corrected chi connectivity index (χ1v) is 23.1. The number of morpholine rings is 1. The number of benzene rings is 4. The van der Waals surface area contributed by atoms with Crippen LogP contribution in [0.3, 0.4) is 0 Å². The molecule has 2 aliphatic heterocycles. The average Bonchev–Trinajstić information content (AvgIpc) is 3.95. The van der Waals surface area contributed by atoms with E-state index in [2.05, 4.69) is 37.9 Å². The maximum absolute atomic E-state index is 13.8. The summed E-state index contributed by atoms with van der Waals surface area (Å²) in [5.41, 5.74) is 6.20. The monoisotopic (exact) mass is 884 g/mol. The average molecular weight is 885 g/mol. The van der Waals surface area contributed by atoms with Crippen molar-refractivity contribution in [1.82, 2.24) is 35.1 Å². The SMILES string of the molecule is COc1cc(CNCc2ccc(OCCc3cn(CCCCCCCCCC[n+]4cc(CN5C(=O)c6cccc7c(N8CCOCC8)ccc(c67)C5=O)n(C)n4)nn3)cc2)cc(OC)c1. The van der Waals surface area contributed by atoms with Crippen LogP contribution in [-0.2, 0) is 50.9 Å². The van der Waals surface area contributed by atoms with Crippen molar-refractivity contribution in [3.8, 4) is 17.2 Å². The molecule has 8 rings (SSSR count). The molecular formula is C50H62N9O6+. The van der Waals surface area contributed by atoms with Crippen LogP contribution in [0.4, 0.5) is 5.69 Å². The number of hydrogen-bond acceptors (Lipinski definition) is 11. The second-order valence-corrected chi connectivity index (χ2v) is 16.9. The van der Waals surface area contributed by atoms with Gasteiger partial charge in [-0.15, -0.1) is 14.5 Å². The Balaban J connectivity index is 0.673. The number of carbonyl (C=O) groups excluding carboxylic acids is 2. The number of rotatable bonds is 24. The molecule has 0 bridgehead atoms. The Morgan fingerprint density at radius 1 is 0.769 bits per heavy atom. The molecule has 1 N–H and O–H groups in total. The third-order valence-electron chi connectivity index (χ3n) is 12.3. The summed E-state index contributed by atoms with van der Waals surface area (Å²) in [6.45, 7) is 6.71. The van der Waals surface area contributed by atoms with Crippen molar-refractivity contribution < 1.29 is 33.2 Å². The summed E-state index contributed by atoms with van der Waals surface area (Å²) in [7, 11) is 5.19. The van der Waals surface area contributed by atoms with E-state index < -0.39 is 0 Å². The van der Waals surface area contributed by atoms with Gasteiger partial charge < -0.3 is 29.2 Å². The molecule has 4 heterocycles. The van der Waals surface area contributed by atoms with Crippen molar-refractivity contribution in [2.24, 2.45) is 7.05 Å².